The minimum absolute atomic E-state index is 0.0371. The number of esters is 2. The lowest BCUT2D eigenvalue weighted by molar-refractivity contribution is -0.0584. The minimum atomic E-state index is -3.92. The number of hydrogen-bond acceptors (Lipinski definition) is 10. The van der Waals surface area contributed by atoms with Crippen LogP contribution in [0, 0.1) is 11.8 Å². The highest BCUT2D eigenvalue weighted by Gasteiger charge is 2.41. The van der Waals surface area contributed by atoms with Gasteiger partial charge in [0.1, 0.15) is 30.6 Å². The Morgan fingerprint density at radius 1 is 0.786 bits per heavy atom. The van der Waals surface area contributed by atoms with Crippen LogP contribution in [0.1, 0.15) is 54.8 Å². The molecule has 0 aliphatic carbocycles. The second kappa shape index (κ2) is 16.5. The van der Waals surface area contributed by atoms with Gasteiger partial charge in [-0.05, 0) is 42.0 Å². The van der Waals surface area contributed by atoms with Gasteiger partial charge in [-0.25, -0.2) is 14.4 Å². The molecule has 4 atom stereocenters. The fourth-order valence-corrected chi connectivity index (χ4v) is 7.57. The van der Waals surface area contributed by atoms with Crippen LogP contribution >= 0.6 is 0 Å². The molecule has 4 aromatic carbocycles. The molecule has 0 radical (unpaired) electrons. The number of carbonyl (C=O) groups excluding carboxylic acids is 3. The summed E-state index contributed by atoms with van der Waals surface area (Å²) in [5, 5.41) is 0. The molecule has 3 heterocycles. The summed E-state index contributed by atoms with van der Waals surface area (Å²) in [6, 6.07) is 32.1. The molecule has 284 valence electrons. The minimum Gasteiger partial charge on any atom is -0.459 e. The normalized spacial score (nSPS) is 20.1. The average molecular weight is 775 g/mol. The molecule has 56 heavy (non-hydrogen) atoms. The van der Waals surface area contributed by atoms with E-state index in [4.69, 9.17) is 14.2 Å². The molecular formula is C41H34N4O10S. The Balaban J connectivity index is 1.22. The number of nitrogens with zero attached hydrogens (tertiary/aromatic N) is 3. The van der Waals surface area contributed by atoms with Crippen molar-refractivity contribution in [3.05, 3.63) is 176 Å². The van der Waals surface area contributed by atoms with Gasteiger partial charge in [0.05, 0.1) is 17.2 Å². The van der Waals surface area contributed by atoms with E-state index in [1.54, 1.807) is 103 Å². The first kappa shape index (κ1) is 37.9. The van der Waals surface area contributed by atoms with Crippen molar-refractivity contribution in [1.29, 1.82) is 0 Å². The molecule has 7 rings (SSSR count). The molecule has 0 amide bonds. The van der Waals surface area contributed by atoms with E-state index >= 15 is 0 Å². The highest BCUT2D eigenvalue weighted by molar-refractivity contribution is 7.87. The van der Waals surface area contributed by atoms with Crippen molar-refractivity contribution in [3.63, 3.8) is 0 Å². The second-order valence-electron chi connectivity index (χ2n) is 12.9. The summed E-state index contributed by atoms with van der Waals surface area (Å²) in [7, 11) is -3.92. The van der Waals surface area contributed by atoms with Gasteiger partial charge in [0.2, 0.25) is 0 Å². The number of ether oxygens (including phenoxy) is 3. The fourth-order valence-electron chi connectivity index (χ4n) is 6.26. The number of nitrogens with one attached hydrogen (secondary N) is 1. The van der Waals surface area contributed by atoms with Crippen LogP contribution in [-0.2, 0) is 31.0 Å². The largest absolute Gasteiger partial charge is 0.459 e. The predicted octanol–water partition coefficient (Wildman–Crippen LogP) is 3.14. The highest BCUT2D eigenvalue weighted by atomic mass is 32.2. The van der Waals surface area contributed by atoms with E-state index in [-0.39, 0.29) is 48.4 Å². The number of rotatable bonds is 9. The summed E-state index contributed by atoms with van der Waals surface area (Å²) >= 11 is 0. The van der Waals surface area contributed by atoms with E-state index in [1.807, 2.05) is 6.07 Å². The molecule has 2 aliphatic heterocycles. The molecule has 14 nitrogen and oxygen atoms in total. The third kappa shape index (κ3) is 8.43. The van der Waals surface area contributed by atoms with Crippen LogP contribution in [0.3, 0.4) is 0 Å². The number of benzene rings is 4. The van der Waals surface area contributed by atoms with E-state index in [9.17, 15) is 32.4 Å². The van der Waals surface area contributed by atoms with Gasteiger partial charge in [-0.1, -0.05) is 96.8 Å². The lowest BCUT2D eigenvalue weighted by Crippen LogP contribution is -2.45. The van der Waals surface area contributed by atoms with Gasteiger partial charge in [-0.3, -0.25) is 14.2 Å². The van der Waals surface area contributed by atoms with Crippen LogP contribution in [0.4, 0.5) is 0 Å². The summed E-state index contributed by atoms with van der Waals surface area (Å²) in [5.41, 5.74) is -1.08. The number of carbonyl (C=O) groups is 3. The standard InChI is InChI=1S/C41H34N4O10S/c46-37(29-15-7-2-8-16-29)45-38(47)32(21-22-33-26-43(56(51,52)42-33)24-28-13-5-1-6-14-28)25-44(41(45)50)36-23-34(55-40(49)31-19-11-4-12-20-31)35(54-36)27-53-39(48)30-17-9-3-10-18-30/h1-20,25,33-36,42H,23-24,26-27H2/t33-,34?,35+,36+/m0/s1. The van der Waals surface area contributed by atoms with Gasteiger partial charge in [-0.15, -0.1) is 0 Å². The van der Waals surface area contributed by atoms with Gasteiger partial charge in [0.25, 0.3) is 21.7 Å². The first-order valence-electron chi connectivity index (χ1n) is 17.5. The molecule has 0 bridgehead atoms. The Morgan fingerprint density at radius 2 is 1.36 bits per heavy atom. The zero-order valence-corrected chi connectivity index (χ0v) is 30.4. The number of aromatic nitrogens is 2. The number of hydrogen-bond donors (Lipinski definition) is 1. The van der Waals surface area contributed by atoms with Crippen molar-refractivity contribution >= 4 is 28.1 Å². The average Bonchev–Trinajstić information content (AvgIpc) is 3.75. The quantitative estimate of drug-likeness (QED) is 0.173. The van der Waals surface area contributed by atoms with E-state index in [0.717, 1.165) is 16.3 Å². The summed E-state index contributed by atoms with van der Waals surface area (Å²) in [4.78, 5) is 67.7. The zero-order valence-electron chi connectivity index (χ0n) is 29.6. The van der Waals surface area contributed by atoms with Crippen molar-refractivity contribution < 1.29 is 37.0 Å². The lowest BCUT2D eigenvalue weighted by Gasteiger charge is -2.19. The van der Waals surface area contributed by atoms with E-state index in [2.05, 4.69) is 16.6 Å². The van der Waals surface area contributed by atoms with E-state index in [0.29, 0.717) is 4.57 Å². The third-order valence-corrected chi connectivity index (χ3v) is 10.6. The fraction of sp³-hybridized carbons (Fsp3) is 0.195. The van der Waals surface area contributed by atoms with Gasteiger partial charge < -0.3 is 14.2 Å². The zero-order chi connectivity index (χ0) is 39.2. The molecule has 2 saturated heterocycles. The summed E-state index contributed by atoms with van der Waals surface area (Å²) in [6.07, 6.45) is -2.38. The smallest absolute Gasteiger partial charge is 0.340 e. The molecule has 2 aliphatic rings. The molecule has 0 saturated carbocycles. The predicted molar refractivity (Wildman–Crippen MR) is 202 cm³/mol. The first-order valence-corrected chi connectivity index (χ1v) is 19.0. The Kier molecular flexibility index (Phi) is 11.2. The Bertz CT molecular complexity index is 2540. The van der Waals surface area contributed by atoms with Gasteiger partial charge in [0.15, 0.2) is 0 Å². The first-order chi connectivity index (χ1) is 27.1. The maximum atomic E-state index is 14.1. The van der Waals surface area contributed by atoms with Gasteiger partial charge in [-0.2, -0.15) is 22.0 Å². The Hall–Kier alpha value is -6.44. The molecule has 1 unspecified atom stereocenters. The van der Waals surface area contributed by atoms with E-state index < -0.39 is 63.8 Å². The topological polar surface area (TPSA) is 172 Å². The van der Waals surface area contributed by atoms with Gasteiger partial charge >= 0.3 is 17.6 Å². The maximum Gasteiger partial charge on any atom is 0.340 e. The van der Waals surface area contributed by atoms with Crippen LogP contribution in [0.25, 0.3) is 0 Å². The molecule has 15 heteroatoms. The monoisotopic (exact) mass is 774 g/mol. The maximum absolute atomic E-state index is 14.1. The van der Waals surface area contributed by atoms with Crippen molar-refractivity contribution in [2.45, 2.75) is 37.4 Å². The van der Waals surface area contributed by atoms with Crippen molar-refractivity contribution in [3.8, 4) is 11.8 Å². The third-order valence-electron chi connectivity index (χ3n) is 9.08. The van der Waals surface area contributed by atoms with Crippen LogP contribution in [-0.4, -0.2) is 71.1 Å². The highest BCUT2D eigenvalue weighted by Crippen LogP contribution is 2.31. The molecular weight excluding hydrogens is 741 g/mol. The van der Waals surface area contributed by atoms with Crippen LogP contribution < -0.4 is 16.0 Å². The summed E-state index contributed by atoms with van der Waals surface area (Å²) in [5.74, 6) is 3.17. The SMILES string of the molecule is O=C(OC[C@H]1O[C@@H](n2cc(C#C[C@H]3CN(Cc4ccccc4)S(=O)(=O)N3)c(=O)n(C(=O)c3ccccc3)c2=O)CC1OC(=O)c1ccccc1)c1ccccc1. The lowest BCUT2D eigenvalue weighted by atomic mass is 10.1. The summed E-state index contributed by atoms with van der Waals surface area (Å²) < 4.78 is 48.6. The molecule has 5 aromatic rings. The van der Waals surface area contributed by atoms with Crippen molar-refractivity contribution in [2.24, 2.45) is 0 Å². The van der Waals surface area contributed by atoms with E-state index in [1.165, 1.54) is 16.4 Å². The molecule has 0 spiro atoms. The summed E-state index contributed by atoms with van der Waals surface area (Å²) in [6.45, 7) is -0.318. The van der Waals surface area contributed by atoms with Gasteiger partial charge in [0, 0.05) is 31.3 Å². The second-order valence-corrected chi connectivity index (χ2v) is 14.6. The molecule has 1 N–H and O–H groups in total. The Labute approximate surface area is 321 Å². The Morgan fingerprint density at radius 3 is 1.98 bits per heavy atom. The molecule has 1 aromatic heterocycles. The van der Waals surface area contributed by atoms with Crippen LogP contribution in [0.5, 0.6) is 0 Å². The van der Waals surface area contributed by atoms with Crippen LogP contribution in [0.2, 0.25) is 0 Å². The molecule has 2 fully saturated rings. The van der Waals surface area contributed by atoms with Crippen molar-refractivity contribution in [1.82, 2.24) is 18.2 Å². The van der Waals surface area contributed by atoms with Crippen LogP contribution in [0.15, 0.2) is 137 Å². The van der Waals surface area contributed by atoms with Crippen molar-refractivity contribution in [2.75, 3.05) is 13.2 Å².